The summed E-state index contributed by atoms with van der Waals surface area (Å²) >= 11 is 1.40. The Balaban J connectivity index is 1.73. The molecule has 0 radical (unpaired) electrons. The molecule has 33 heavy (non-hydrogen) atoms. The topological polar surface area (TPSA) is 109 Å². The zero-order valence-electron chi connectivity index (χ0n) is 19.6. The van der Waals surface area contributed by atoms with Crippen LogP contribution in [0.15, 0.2) is 30.5 Å². The molecule has 0 aliphatic rings. The highest BCUT2D eigenvalue weighted by molar-refractivity contribution is 7.19. The Morgan fingerprint density at radius 3 is 2.64 bits per heavy atom. The molecule has 0 saturated carbocycles. The summed E-state index contributed by atoms with van der Waals surface area (Å²) in [6.45, 7) is 8.22. The third kappa shape index (κ3) is 6.85. The summed E-state index contributed by atoms with van der Waals surface area (Å²) in [4.78, 5) is 40.2. The quantitative estimate of drug-likeness (QED) is 0.445. The third-order valence-corrected chi connectivity index (χ3v) is 5.74. The van der Waals surface area contributed by atoms with E-state index in [1.165, 1.54) is 16.2 Å². The first-order valence-corrected chi connectivity index (χ1v) is 11.7. The van der Waals surface area contributed by atoms with Gasteiger partial charge in [-0.05, 0) is 51.5 Å². The van der Waals surface area contributed by atoms with Gasteiger partial charge in [0.15, 0.2) is 5.65 Å². The van der Waals surface area contributed by atoms with Crippen LogP contribution in [-0.2, 0) is 4.74 Å². The fraction of sp³-hybridized carbons (Fsp3) is 0.435. The molecule has 10 heteroatoms. The van der Waals surface area contributed by atoms with Crippen LogP contribution in [0.25, 0.3) is 21.7 Å². The standard InChI is InChI=1S/C23H30N6O3S/c1-6-7-8-13-24-21(30)28-18-11-9-15-20(27-18)26-16(14-25-15)17-10-12-19(33-17)29(5)22(31)32-23(2,3)4/h9-12,14H,6-8,13H2,1-5H3,(H2,24,26,27,28,30). The van der Waals surface area contributed by atoms with E-state index in [-0.39, 0.29) is 6.03 Å². The van der Waals surface area contributed by atoms with Crippen molar-refractivity contribution < 1.29 is 14.3 Å². The lowest BCUT2D eigenvalue weighted by molar-refractivity contribution is 0.0590. The minimum Gasteiger partial charge on any atom is -0.443 e. The van der Waals surface area contributed by atoms with Crippen LogP contribution in [0, 0.1) is 0 Å². The molecule has 0 aromatic carbocycles. The maximum atomic E-state index is 12.3. The van der Waals surface area contributed by atoms with Crippen LogP contribution in [0.2, 0.25) is 0 Å². The van der Waals surface area contributed by atoms with Gasteiger partial charge >= 0.3 is 12.1 Å². The fourth-order valence-electron chi connectivity index (χ4n) is 2.89. The molecule has 0 atom stereocenters. The SMILES string of the molecule is CCCCCNC(=O)Nc1ccc2ncc(-c3ccc(N(C)C(=O)OC(C)(C)C)s3)nc2n1. The van der Waals surface area contributed by atoms with E-state index in [1.807, 2.05) is 32.9 Å². The number of hydrogen-bond acceptors (Lipinski definition) is 7. The number of carbonyl (C=O) groups excluding carboxylic acids is 2. The summed E-state index contributed by atoms with van der Waals surface area (Å²) in [5, 5.41) is 6.28. The van der Waals surface area contributed by atoms with Crippen molar-refractivity contribution in [2.75, 3.05) is 23.8 Å². The normalized spacial score (nSPS) is 11.3. The van der Waals surface area contributed by atoms with Crippen LogP contribution in [-0.4, -0.2) is 46.3 Å². The van der Waals surface area contributed by atoms with Crippen molar-refractivity contribution in [3.05, 3.63) is 30.5 Å². The Morgan fingerprint density at radius 2 is 1.91 bits per heavy atom. The van der Waals surface area contributed by atoms with Crippen molar-refractivity contribution in [2.24, 2.45) is 0 Å². The van der Waals surface area contributed by atoms with E-state index in [0.29, 0.717) is 29.2 Å². The summed E-state index contributed by atoms with van der Waals surface area (Å²) < 4.78 is 5.42. The smallest absolute Gasteiger partial charge is 0.415 e. The maximum absolute atomic E-state index is 12.3. The molecule has 3 amide bonds. The number of pyridine rings is 1. The van der Waals surface area contributed by atoms with Gasteiger partial charge in [0.2, 0.25) is 0 Å². The lowest BCUT2D eigenvalue weighted by Gasteiger charge is -2.23. The first-order valence-electron chi connectivity index (χ1n) is 10.9. The minimum atomic E-state index is -0.570. The van der Waals surface area contributed by atoms with Crippen LogP contribution in [0.1, 0.15) is 47.0 Å². The second-order valence-electron chi connectivity index (χ2n) is 8.56. The van der Waals surface area contributed by atoms with Gasteiger partial charge in [0, 0.05) is 13.6 Å². The Labute approximate surface area is 197 Å². The van der Waals surface area contributed by atoms with E-state index < -0.39 is 11.7 Å². The second-order valence-corrected chi connectivity index (χ2v) is 9.62. The molecule has 0 fully saturated rings. The first kappa shape index (κ1) is 24.4. The van der Waals surface area contributed by atoms with E-state index in [0.717, 1.165) is 29.1 Å². The van der Waals surface area contributed by atoms with Gasteiger partial charge in [-0.1, -0.05) is 19.8 Å². The Hall–Kier alpha value is -3.27. The number of thiophene rings is 1. The van der Waals surface area contributed by atoms with Gasteiger partial charge in [0.25, 0.3) is 0 Å². The number of rotatable bonds is 7. The lowest BCUT2D eigenvalue weighted by Crippen LogP contribution is -2.33. The van der Waals surface area contributed by atoms with Gasteiger partial charge in [0.1, 0.15) is 27.6 Å². The second kappa shape index (κ2) is 10.6. The van der Waals surface area contributed by atoms with Gasteiger partial charge in [-0.15, -0.1) is 11.3 Å². The molecule has 0 spiro atoms. The van der Waals surface area contributed by atoms with E-state index in [9.17, 15) is 9.59 Å². The monoisotopic (exact) mass is 470 g/mol. The number of nitrogens with zero attached hydrogens (tertiary/aromatic N) is 4. The molecular weight excluding hydrogens is 440 g/mol. The molecule has 3 aromatic heterocycles. The zero-order valence-corrected chi connectivity index (χ0v) is 20.5. The maximum Gasteiger partial charge on any atom is 0.415 e. The first-order chi connectivity index (χ1) is 15.7. The van der Waals surface area contributed by atoms with Gasteiger partial charge in [0.05, 0.1) is 11.1 Å². The van der Waals surface area contributed by atoms with Crippen LogP contribution in [0.4, 0.5) is 20.4 Å². The van der Waals surface area contributed by atoms with Gasteiger partial charge in [-0.2, -0.15) is 0 Å². The average Bonchev–Trinajstić information content (AvgIpc) is 3.25. The van der Waals surface area contributed by atoms with Crippen molar-refractivity contribution in [1.29, 1.82) is 0 Å². The number of urea groups is 1. The van der Waals surface area contributed by atoms with Gasteiger partial charge in [-0.25, -0.2) is 19.6 Å². The largest absolute Gasteiger partial charge is 0.443 e. The van der Waals surface area contributed by atoms with Gasteiger partial charge < -0.3 is 10.1 Å². The molecule has 3 heterocycles. The Kier molecular flexibility index (Phi) is 7.80. The molecule has 2 N–H and O–H groups in total. The molecule has 3 aromatic rings. The molecular formula is C23H30N6O3S. The lowest BCUT2D eigenvalue weighted by atomic mass is 10.2. The van der Waals surface area contributed by atoms with E-state index in [4.69, 9.17) is 4.74 Å². The highest BCUT2D eigenvalue weighted by Crippen LogP contribution is 2.33. The predicted octanol–water partition coefficient (Wildman–Crippen LogP) is 5.44. The molecule has 176 valence electrons. The van der Waals surface area contributed by atoms with Crippen LogP contribution in [0.3, 0.4) is 0 Å². The Morgan fingerprint density at radius 1 is 1.12 bits per heavy atom. The van der Waals surface area contributed by atoms with Crippen LogP contribution < -0.4 is 15.5 Å². The van der Waals surface area contributed by atoms with Crippen molar-refractivity contribution in [2.45, 2.75) is 52.6 Å². The average molecular weight is 471 g/mol. The third-order valence-electron chi connectivity index (χ3n) is 4.56. The Bertz CT molecular complexity index is 1120. The summed E-state index contributed by atoms with van der Waals surface area (Å²) in [6, 6.07) is 6.88. The number of carbonyl (C=O) groups is 2. The van der Waals surface area contributed by atoms with Crippen molar-refractivity contribution in [3.63, 3.8) is 0 Å². The molecule has 0 unspecified atom stereocenters. The number of aromatic nitrogens is 3. The van der Waals surface area contributed by atoms with Crippen LogP contribution >= 0.6 is 11.3 Å². The number of fused-ring (bicyclic) bond motifs is 1. The number of nitrogens with one attached hydrogen (secondary N) is 2. The number of hydrogen-bond donors (Lipinski definition) is 2. The minimum absolute atomic E-state index is 0.296. The van der Waals surface area contributed by atoms with Crippen LogP contribution in [0.5, 0.6) is 0 Å². The summed E-state index contributed by atoms with van der Waals surface area (Å²) in [7, 11) is 1.67. The summed E-state index contributed by atoms with van der Waals surface area (Å²) in [6.07, 6.45) is 4.35. The van der Waals surface area contributed by atoms with Gasteiger partial charge in [-0.3, -0.25) is 15.2 Å². The zero-order chi connectivity index (χ0) is 24.0. The number of amides is 3. The molecule has 0 saturated heterocycles. The number of anilines is 2. The van der Waals surface area contributed by atoms with Crippen molar-refractivity contribution >= 4 is 45.4 Å². The highest BCUT2D eigenvalue weighted by atomic mass is 32.1. The molecule has 0 bridgehead atoms. The van der Waals surface area contributed by atoms with Crippen molar-refractivity contribution in [3.8, 4) is 10.6 Å². The molecule has 3 rings (SSSR count). The molecule has 9 nitrogen and oxygen atoms in total. The molecule has 0 aliphatic heterocycles. The number of ether oxygens (including phenoxy) is 1. The predicted molar refractivity (Wildman–Crippen MR) is 132 cm³/mol. The number of unbranched alkanes of at least 4 members (excludes halogenated alkanes) is 2. The summed E-state index contributed by atoms with van der Waals surface area (Å²) in [5.74, 6) is 0.401. The fourth-order valence-corrected chi connectivity index (χ4v) is 3.80. The van der Waals surface area contributed by atoms with E-state index >= 15 is 0 Å². The summed E-state index contributed by atoms with van der Waals surface area (Å²) in [5.41, 5.74) is 1.10. The van der Waals surface area contributed by atoms with E-state index in [1.54, 1.807) is 25.4 Å². The highest BCUT2D eigenvalue weighted by Gasteiger charge is 2.22. The van der Waals surface area contributed by atoms with E-state index in [2.05, 4.69) is 32.5 Å². The van der Waals surface area contributed by atoms with Crippen molar-refractivity contribution in [1.82, 2.24) is 20.3 Å². The molecule has 0 aliphatic carbocycles.